The molecule has 4 aromatic rings. The number of anilines is 3. The van der Waals surface area contributed by atoms with Gasteiger partial charge in [0.15, 0.2) is 0 Å². The number of hydrogen-bond donors (Lipinski definition) is 2. The largest absolute Gasteiger partial charge is 0.453 e. The number of rotatable bonds is 6. The van der Waals surface area contributed by atoms with Gasteiger partial charge in [0.25, 0.3) is 5.91 Å². The fourth-order valence-corrected chi connectivity index (χ4v) is 6.64. The molecule has 0 aromatic heterocycles. The van der Waals surface area contributed by atoms with Crippen LogP contribution in [-0.4, -0.2) is 74.2 Å². The first-order valence-corrected chi connectivity index (χ1v) is 15.7. The van der Waals surface area contributed by atoms with E-state index >= 15 is 0 Å². The molecule has 2 heterocycles. The normalized spacial score (nSPS) is 16.0. The summed E-state index contributed by atoms with van der Waals surface area (Å²) in [5.74, 6) is -0.145. The summed E-state index contributed by atoms with van der Waals surface area (Å²) in [5.41, 5.74) is 5.06. The molecule has 0 atom stereocenters. The molecular weight excluding hydrogens is 578 g/mol. The van der Waals surface area contributed by atoms with Crippen molar-refractivity contribution < 1.29 is 19.1 Å². The van der Waals surface area contributed by atoms with Crippen molar-refractivity contribution in [3.05, 3.63) is 126 Å². The maximum atomic E-state index is 13.6. The Bertz CT molecular complexity index is 1610. The van der Waals surface area contributed by atoms with Crippen molar-refractivity contribution in [1.82, 2.24) is 9.80 Å². The van der Waals surface area contributed by atoms with E-state index < -0.39 is 6.09 Å². The molecule has 9 nitrogen and oxygen atoms in total. The third-order valence-electron chi connectivity index (χ3n) is 9.13. The summed E-state index contributed by atoms with van der Waals surface area (Å²) in [7, 11) is 1.36. The number of nitrogens with zero attached hydrogens (tertiary/aromatic N) is 3. The Kier molecular flexibility index (Phi) is 9.19. The second-order valence-corrected chi connectivity index (χ2v) is 11.7. The highest BCUT2D eigenvalue weighted by Crippen LogP contribution is 2.43. The summed E-state index contributed by atoms with van der Waals surface area (Å²) in [5, 5.41) is 5.93. The molecule has 0 saturated carbocycles. The highest BCUT2D eigenvalue weighted by atomic mass is 16.5. The molecule has 0 unspecified atom stereocenters. The molecule has 2 saturated heterocycles. The molecular formula is C37H39N5O4. The first-order valence-electron chi connectivity index (χ1n) is 15.7. The van der Waals surface area contributed by atoms with E-state index in [4.69, 9.17) is 4.74 Å². The minimum atomic E-state index is -0.391. The van der Waals surface area contributed by atoms with E-state index in [2.05, 4.69) is 76.2 Å². The van der Waals surface area contributed by atoms with Gasteiger partial charge in [0.1, 0.15) is 0 Å². The minimum absolute atomic E-state index is 0.125. The van der Waals surface area contributed by atoms with Crippen LogP contribution in [0.4, 0.5) is 26.7 Å². The number of urea groups is 1. The molecule has 4 aromatic carbocycles. The number of carbonyl (C=O) groups is 3. The Hall–Kier alpha value is -5.31. The molecule has 2 N–H and O–H groups in total. The van der Waals surface area contributed by atoms with E-state index in [0.29, 0.717) is 43.1 Å². The van der Waals surface area contributed by atoms with Gasteiger partial charge < -0.3 is 30.1 Å². The predicted molar refractivity (Wildman–Crippen MR) is 181 cm³/mol. The summed E-state index contributed by atoms with van der Waals surface area (Å²) in [6, 6.07) is 35.8. The second kappa shape index (κ2) is 13.8. The van der Waals surface area contributed by atoms with Crippen LogP contribution in [0, 0.1) is 0 Å². The third-order valence-corrected chi connectivity index (χ3v) is 9.13. The lowest BCUT2D eigenvalue weighted by Gasteiger charge is -2.44. The SMILES string of the molecule is COC(=O)N1CCN(C(=O)c2ccc(N3CCC(c4ccccc4)(c4ccccc4)CC3)c(NC(=O)Nc3ccccc3)c2)CC1. The average molecular weight is 618 g/mol. The van der Waals surface area contributed by atoms with Crippen LogP contribution in [0.2, 0.25) is 0 Å². The van der Waals surface area contributed by atoms with Crippen molar-refractivity contribution in [2.75, 3.05) is 61.9 Å². The fourth-order valence-electron chi connectivity index (χ4n) is 6.64. The van der Waals surface area contributed by atoms with Gasteiger partial charge in [0.05, 0.1) is 18.5 Å². The van der Waals surface area contributed by atoms with Crippen molar-refractivity contribution in [1.29, 1.82) is 0 Å². The standard InChI is InChI=1S/C37H39N5O4/c1-46-36(45)42-25-23-41(24-26-42)34(43)28-17-18-33(32(27-28)39-35(44)38-31-15-9-4-10-16-31)40-21-19-37(20-22-40,29-11-5-2-6-12-29)30-13-7-3-8-14-30/h2-18,27H,19-26H2,1H3,(H2,38,39,44). The number of para-hydroxylation sites is 1. The number of benzene rings is 4. The van der Waals surface area contributed by atoms with Crippen LogP contribution < -0.4 is 15.5 Å². The topological polar surface area (TPSA) is 94.2 Å². The average Bonchev–Trinajstić information content (AvgIpc) is 3.12. The molecule has 6 rings (SSSR count). The van der Waals surface area contributed by atoms with Gasteiger partial charge in [0, 0.05) is 55.9 Å². The first kappa shape index (κ1) is 30.7. The molecule has 4 amide bonds. The molecule has 0 aliphatic carbocycles. The summed E-state index contributed by atoms with van der Waals surface area (Å²) in [4.78, 5) is 44.4. The molecule has 0 spiro atoms. The van der Waals surface area contributed by atoms with E-state index in [1.165, 1.54) is 18.2 Å². The number of nitrogens with one attached hydrogen (secondary N) is 2. The van der Waals surface area contributed by atoms with Gasteiger partial charge >= 0.3 is 12.1 Å². The second-order valence-electron chi connectivity index (χ2n) is 11.7. The lowest BCUT2D eigenvalue weighted by atomic mass is 9.68. The van der Waals surface area contributed by atoms with Crippen LogP contribution in [0.1, 0.15) is 34.3 Å². The summed E-state index contributed by atoms with van der Waals surface area (Å²) in [6.07, 6.45) is 1.39. The zero-order chi connectivity index (χ0) is 31.9. The molecule has 9 heteroatoms. The van der Waals surface area contributed by atoms with Crippen molar-refractivity contribution in [3.63, 3.8) is 0 Å². The van der Waals surface area contributed by atoms with Gasteiger partial charge in [-0.05, 0) is 54.3 Å². The molecule has 2 aliphatic heterocycles. The van der Waals surface area contributed by atoms with Crippen LogP contribution >= 0.6 is 0 Å². The highest BCUT2D eigenvalue weighted by molar-refractivity contribution is 6.04. The number of amides is 4. The van der Waals surface area contributed by atoms with Crippen molar-refractivity contribution >= 4 is 35.1 Å². The fraction of sp³-hybridized carbons (Fsp3) is 0.270. The Balaban J connectivity index is 1.26. The van der Waals surface area contributed by atoms with Crippen LogP contribution in [0.3, 0.4) is 0 Å². The van der Waals surface area contributed by atoms with Gasteiger partial charge in [-0.3, -0.25) is 4.79 Å². The summed E-state index contributed by atoms with van der Waals surface area (Å²) < 4.78 is 4.83. The van der Waals surface area contributed by atoms with Gasteiger partial charge in [-0.2, -0.15) is 0 Å². The van der Waals surface area contributed by atoms with Gasteiger partial charge in [-0.25, -0.2) is 9.59 Å². The molecule has 0 bridgehead atoms. The molecule has 46 heavy (non-hydrogen) atoms. The highest BCUT2D eigenvalue weighted by Gasteiger charge is 2.38. The summed E-state index contributed by atoms with van der Waals surface area (Å²) >= 11 is 0. The number of piperazine rings is 1. The Morgan fingerprint density at radius 3 is 1.76 bits per heavy atom. The van der Waals surface area contributed by atoms with Crippen LogP contribution in [0.25, 0.3) is 0 Å². The Labute approximate surface area is 269 Å². The number of methoxy groups -OCH3 is 1. The van der Waals surface area contributed by atoms with Crippen LogP contribution in [0.5, 0.6) is 0 Å². The zero-order valence-electron chi connectivity index (χ0n) is 26.0. The number of carbonyl (C=O) groups excluding carboxylic acids is 3. The maximum absolute atomic E-state index is 13.6. The van der Waals surface area contributed by atoms with E-state index in [-0.39, 0.29) is 17.4 Å². The van der Waals surface area contributed by atoms with Crippen molar-refractivity contribution in [3.8, 4) is 0 Å². The lowest BCUT2D eigenvalue weighted by molar-refractivity contribution is 0.0600. The van der Waals surface area contributed by atoms with E-state index in [0.717, 1.165) is 31.6 Å². The van der Waals surface area contributed by atoms with Gasteiger partial charge in [0.2, 0.25) is 0 Å². The number of ether oxygens (including phenoxy) is 1. The molecule has 2 aliphatic rings. The smallest absolute Gasteiger partial charge is 0.409 e. The Morgan fingerprint density at radius 2 is 1.20 bits per heavy atom. The predicted octanol–water partition coefficient (Wildman–Crippen LogP) is 6.44. The minimum Gasteiger partial charge on any atom is -0.453 e. The third kappa shape index (κ3) is 6.54. The van der Waals surface area contributed by atoms with E-state index in [9.17, 15) is 14.4 Å². The monoisotopic (exact) mass is 617 g/mol. The summed E-state index contributed by atoms with van der Waals surface area (Å²) in [6.45, 7) is 3.14. The van der Waals surface area contributed by atoms with Crippen LogP contribution in [0.15, 0.2) is 109 Å². The quantitative estimate of drug-likeness (QED) is 0.260. The van der Waals surface area contributed by atoms with Gasteiger partial charge in [-0.1, -0.05) is 78.9 Å². The lowest BCUT2D eigenvalue weighted by Crippen LogP contribution is -2.50. The zero-order valence-corrected chi connectivity index (χ0v) is 26.0. The molecule has 0 radical (unpaired) electrons. The molecule has 2 fully saturated rings. The Morgan fingerprint density at radius 1 is 0.652 bits per heavy atom. The maximum Gasteiger partial charge on any atom is 0.409 e. The van der Waals surface area contributed by atoms with Crippen molar-refractivity contribution in [2.45, 2.75) is 18.3 Å². The number of piperidine rings is 1. The van der Waals surface area contributed by atoms with E-state index in [1.54, 1.807) is 15.9 Å². The number of hydrogen-bond acceptors (Lipinski definition) is 5. The first-order chi connectivity index (χ1) is 22.5. The van der Waals surface area contributed by atoms with Crippen LogP contribution in [-0.2, 0) is 10.2 Å². The van der Waals surface area contributed by atoms with E-state index in [1.807, 2.05) is 42.5 Å². The molecule has 236 valence electrons. The van der Waals surface area contributed by atoms with Crippen molar-refractivity contribution in [2.24, 2.45) is 0 Å². The van der Waals surface area contributed by atoms with Gasteiger partial charge in [-0.15, -0.1) is 0 Å².